The summed E-state index contributed by atoms with van der Waals surface area (Å²) in [4.78, 5) is 30.5. The molecule has 5 heteroatoms. The molecule has 0 aliphatic carbocycles. The van der Waals surface area contributed by atoms with E-state index in [-0.39, 0.29) is 24.2 Å². The zero-order chi connectivity index (χ0) is 23.8. The molecule has 3 aromatic rings. The first-order valence-corrected chi connectivity index (χ1v) is 12.0. The van der Waals surface area contributed by atoms with E-state index >= 15 is 0 Å². The summed E-state index contributed by atoms with van der Waals surface area (Å²) >= 11 is 0. The second-order valence-corrected chi connectivity index (χ2v) is 9.02. The minimum absolute atomic E-state index is 0.107. The number of ketones is 1. The van der Waals surface area contributed by atoms with E-state index in [0.717, 1.165) is 43.9 Å². The van der Waals surface area contributed by atoms with Crippen LogP contribution < -0.4 is 5.32 Å². The van der Waals surface area contributed by atoms with Crippen LogP contribution in [0, 0.1) is 0 Å². The van der Waals surface area contributed by atoms with Gasteiger partial charge in [-0.25, -0.2) is 0 Å². The van der Waals surface area contributed by atoms with Crippen molar-refractivity contribution < 1.29 is 9.59 Å². The van der Waals surface area contributed by atoms with Crippen LogP contribution in [0.5, 0.6) is 0 Å². The predicted octanol–water partition coefficient (Wildman–Crippen LogP) is 4.11. The molecule has 176 valence electrons. The van der Waals surface area contributed by atoms with Crippen LogP contribution in [0.3, 0.4) is 0 Å². The fourth-order valence-corrected chi connectivity index (χ4v) is 4.46. The Morgan fingerprint density at radius 2 is 1.38 bits per heavy atom. The average Bonchev–Trinajstić information content (AvgIpc) is 2.86. The van der Waals surface area contributed by atoms with Crippen molar-refractivity contribution in [1.29, 1.82) is 0 Å². The molecule has 1 aliphatic rings. The van der Waals surface area contributed by atoms with Crippen LogP contribution >= 0.6 is 0 Å². The maximum atomic E-state index is 13.0. The number of carbonyl (C=O) groups is 2. The summed E-state index contributed by atoms with van der Waals surface area (Å²) < 4.78 is 0. The van der Waals surface area contributed by atoms with Gasteiger partial charge in [0.2, 0.25) is 0 Å². The smallest absolute Gasteiger partial charge is 0.252 e. The number of amides is 1. The molecule has 34 heavy (non-hydrogen) atoms. The highest BCUT2D eigenvalue weighted by Crippen LogP contribution is 2.16. The van der Waals surface area contributed by atoms with Gasteiger partial charge in [0.1, 0.15) is 0 Å². The molecule has 1 N–H and O–H groups in total. The van der Waals surface area contributed by atoms with E-state index in [1.807, 2.05) is 61.5 Å². The molecule has 1 unspecified atom stereocenters. The third-order valence-electron chi connectivity index (χ3n) is 6.41. The van der Waals surface area contributed by atoms with Crippen LogP contribution in [0.25, 0.3) is 0 Å². The molecular formula is C29H33N3O2. The second kappa shape index (κ2) is 11.7. The van der Waals surface area contributed by atoms with Gasteiger partial charge in [-0.15, -0.1) is 0 Å². The van der Waals surface area contributed by atoms with Crippen molar-refractivity contribution in [2.45, 2.75) is 25.9 Å². The van der Waals surface area contributed by atoms with E-state index in [9.17, 15) is 9.59 Å². The largest absolute Gasteiger partial charge is 0.346 e. The van der Waals surface area contributed by atoms with Crippen LogP contribution in [-0.4, -0.2) is 54.2 Å². The number of carbonyl (C=O) groups excluding carboxylic acids is 2. The summed E-state index contributed by atoms with van der Waals surface area (Å²) in [6.07, 6.45) is 0.271. The van der Waals surface area contributed by atoms with Gasteiger partial charge < -0.3 is 5.32 Å². The zero-order valence-corrected chi connectivity index (χ0v) is 19.8. The van der Waals surface area contributed by atoms with Crippen LogP contribution in [-0.2, 0) is 17.8 Å². The summed E-state index contributed by atoms with van der Waals surface area (Å²) in [5, 5.41) is 3.07. The standard InChI is InChI=1S/C29H33N3O2/c1-23(25-12-6-3-7-13-25)30-29(34)28-15-9-8-14-26(28)20-27(33)22-32-18-16-31(17-19-32)21-24-10-4-2-5-11-24/h2-15,23H,16-22H2,1H3,(H,30,34). The van der Waals surface area contributed by atoms with E-state index < -0.39 is 0 Å². The lowest BCUT2D eigenvalue weighted by Crippen LogP contribution is -2.47. The topological polar surface area (TPSA) is 52.7 Å². The number of nitrogens with zero attached hydrogens (tertiary/aromatic N) is 2. The third-order valence-corrected chi connectivity index (χ3v) is 6.41. The molecule has 4 rings (SSSR count). The number of nitrogens with one attached hydrogen (secondary N) is 1. The lowest BCUT2D eigenvalue weighted by molar-refractivity contribution is -0.120. The molecular weight excluding hydrogens is 422 g/mol. The van der Waals surface area contributed by atoms with Gasteiger partial charge >= 0.3 is 0 Å². The van der Waals surface area contributed by atoms with Crippen molar-refractivity contribution in [3.05, 3.63) is 107 Å². The Kier molecular flexibility index (Phi) is 8.23. The maximum absolute atomic E-state index is 13.0. The van der Waals surface area contributed by atoms with Crippen LogP contribution in [0.15, 0.2) is 84.9 Å². The lowest BCUT2D eigenvalue weighted by atomic mass is 10.0. The summed E-state index contributed by atoms with van der Waals surface area (Å²) in [5.74, 6) is 0.00199. The summed E-state index contributed by atoms with van der Waals surface area (Å²) in [5.41, 5.74) is 3.73. The highest BCUT2D eigenvalue weighted by molar-refractivity contribution is 5.97. The first kappa shape index (κ1) is 23.9. The number of Topliss-reactive ketones (excluding diaryl/α,β-unsaturated/α-hetero) is 1. The molecule has 0 aromatic heterocycles. The van der Waals surface area contributed by atoms with Gasteiger partial charge in [0, 0.05) is 44.7 Å². The molecule has 5 nitrogen and oxygen atoms in total. The van der Waals surface area contributed by atoms with Gasteiger partial charge in [-0.2, -0.15) is 0 Å². The summed E-state index contributed by atoms with van der Waals surface area (Å²) in [7, 11) is 0. The lowest BCUT2D eigenvalue weighted by Gasteiger charge is -2.34. The molecule has 1 amide bonds. The molecule has 3 aromatic carbocycles. The van der Waals surface area contributed by atoms with Crippen LogP contribution in [0.2, 0.25) is 0 Å². The molecule has 1 saturated heterocycles. The SMILES string of the molecule is CC(NC(=O)c1ccccc1CC(=O)CN1CCN(Cc2ccccc2)CC1)c1ccccc1. The summed E-state index contributed by atoms with van der Waals surface area (Å²) in [6.45, 7) is 7.03. The molecule has 1 aliphatic heterocycles. The molecule has 1 fully saturated rings. The molecule has 1 atom stereocenters. The second-order valence-electron chi connectivity index (χ2n) is 9.02. The Hall–Kier alpha value is -3.28. The zero-order valence-electron chi connectivity index (χ0n) is 19.8. The fraction of sp³-hybridized carbons (Fsp3) is 0.310. The Morgan fingerprint density at radius 1 is 0.794 bits per heavy atom. The first-order valence-electron chi connectivity index (χ1n) is 12.0. The minimum Gasteiger partial charge on any atom is -0.346 e. The van der Waals surface area contributed by atoms with Gasteiger partial charge in [0.15, 0.2) is 5.78 Å². The Labute approximate surface area is 202 Å². The minimum atomic E-state index is -0.144. The van der Waals surface area contributed by atoms with E-state index in [0.29, 0.717) is 12.1 Å². The number of rotatable bonds is 9. The van der Waals surface area contributed by atoms with Gasteiger partial charge in [0.25, 0.3) is 5.91 Å². The Morgan fingerprint density at radius 3 is 2.09 bits per heavy atom. The maximum Gasteiger partial charge on any atom is 0.252 e. The van der Waals surface area contributed by atoms with E-state index in [2.05, 4.69) is 39.4 Å². The van der Waals surface area contributed by atoms with E-state index in [1.54, 1.807) is 6.07 Å². The average molecular weight is 456 g/mol. The van der Waals surface area contributed by atoms with Crippen LogP contribution in [0.1, 0.15) is 40.0 Å². The van der Waals surface area contributed by atoms with Crippen molar-refractivity contribution in [2.24, 2.45) is 0 Å². The highest BCUT2D eigenvalue weighted by atomic mass is 16.1. The van der Waals surface area contributed by atoms with Crippen molar-refractivity contribution in [1.82, 2.24) is 15.1 Å². The number of hydrogen-bond acceptors (Lipinski definition) is 4. The predicted molar refractivity (Wildman–Crippen MR) is 136 cm³/mol. The van der Waals surface area contributed by atoms with Gasteiger partial charge in [-0.3, -0.25) is 19.4 Å². The number of piperazine rings is 1. The molecule has 1 heterocycles. The Balaban J connectivity index is 1.29. The summed E-state index contributed by atoms with van der Waals surface area (Å²) in [6, 6.07) is 27.7. The van der Waals surface area contributed by atoms with E-state index in [1.165, 1.54) is 5.56 Å². The Bertz CT molecular complexity index is 1080. The van der Waals surface area contributed by atoms with Crippen molar-refractivity contribution >= 4 is 11.7 Å². The van der Waals surface area contributed by atoms with Gasteiger partial charge in [0.05, 0.1) is 12.6 Å². The quantitative estimate of drug-likeness (QED) is 0.528. The van der Waals surface area contributed by atoms with Crippen molar-refractivity contribution in [3.8, 4) is 0 Å². The third kappa shape index (κ3) is 6.62. The van der Waals surface area contributed by atoms with Gasteiger partial charge in [-0.05, 0) is 29.7 Å². The fourth-order valence-electron chi connectivity index (χ4n) is 4.46. The first-order chi connectivity index (χ1) is 16.6. The number of benzene rings is 3. The van der Waals surface area contributed by atoms with Crippen molar-refractivity contribution in [3.63, 3.8) is 0 Å². The molecule has 0 bridgehead atoms. The molecule has 0 saturated carbocycles. The van der Waals surface area contributed by atoms with E-state index in [4.69, 9.17) is 0 Å². The number of hydrogen-bond donors (Lipinski definition) is 1. The molecule has 0 spiro atoms. The monoisotopic (exact) mass is 455 g/mol. The highest BCUT2D eigenvalue weighted by Gasteiger charge is 2.21. The normalized spacial score (nSPS) is 15.6. The van der Waals surface area contributed by atoms with Crippen LogP contribution in [0.4, 0.5) is 0 Å². The van der Waals surface area contributed by atoms with Crippen molar-refractivity contribution in [2.75, 3.05) is 32.7 Å². The van der Waals surface area contributed by atoms with Gasteiger partial charge in [-0.1, -0.05) is 78.9 Å². The molecule has 0 radical (unpaired) electrons.